The highest BCUT2D eigenvalue weighted by molar-refractivity contribution is 5.79. The van der Waals surface area contributed by atoms with Crippen molar-refractivity contribution in [3.63, 3.8) is 0 Å². The number of nitrogens with zero attached hydrogens (tertiary/aromatic N) is 1. The number of amides is 1. The predicted molar refractivity (Wildman–Crippen MR) is 90.7 cm³/mol. The van der Waals surface area contributed by atoms with Crippen molar-refractivity contribution in [1.82, 2.24) is 10.3 Å². The van der Waals surface area contributed by atoms with Crippen molar-refractivity contribution in [2.24, 2.45) is 0 Å². The van der Waals surface area contributed by atoms with E-state index < -0.39 is 5.54 Å². The van der Waals surface area contributed by atoms with Gasteiger partial charge in [-0.1, -0.05) is 38.0 Å². The maximum absolute atomic E-state index is 12.3. The lowest BCUT2D eigenvalue weighted by Gasteiger charge is -2.26. The topological polar surface area (TPSA) is 55.1 Å². The van der Waals surface area contributed by atoms with Gasteiger partial charge in [0.2, 0.25) is 11.8 Å². The summed E-state index contributed by atoms with van der Waals surface area (Å²) < 4.78 is 5.68. The monoisotopic (exact) mass is 310 g/mol. The molecular formula is C19H22N2O2. The molecule has 23 heavy (non-hydrogen) atoms. The molecule has 1 amide bonds. The van der Waals surface area contributed by atoms with Crippen LogP contribution in [-0.2, 0) is 11.2 Å². The average molecular weight is 310 g/mol. The van der Waals surface area contributed by atoms with E-state index in [4.69, 9.17) is 10.8 Å². The fourth-order valence-electron chi connectivity index (χ4n) is 2.43. The van der Waals surface area contributed by atoms with Crippen molar-refractivity contribution in [2.75, 3.05) is 0 Å². The molecule has 1 N–H and O–H groups in total. The number of hydrogen-bond acceptors (Lipinski definition) is 3. The van der Waals surface area contributed by atoms with Crippen LogP contribution in [-0.4, -0.2) is 16.4 Å². The number of aryl methyl sites for hydroxylation is 1. The summed E-state index contributed by atoms with van der Waals surface area (Å²) in [5.41, 5.74) is 0.943. The smallest absolute Gasteiger partial charge is 0.227 e. The second-order valence-electron chi connectivity index (χ2n) is 5.55. The van der Waals surface area contributed by atoms with E-state index in [9.17, 15) is 4.79 Å². The maximum atomic E-state index is 12.3. The number of carbonyl (C=O) groups excluding carboxylic acids is 1. The molecule has 4 nitrogen and oxygen atoms in total. The molecule has 4 heteroatoms. The zero-order valence-electron chi connectivity index (χ0n) is 13.8. The van der Waals surface area contributed by atoms with Crippen LogP contribution in [0.1, 0.15) is 38.1 Å². The number of rotatable bonds is 6. The highest BCUT2D eigenvalue weighted by Crippen LogP contribution is 2.22. The van der Waals surface area contributed by atoms with Crippen molar-refractivity contribution in [1.29, 1.82) is 0 Å². The molecule has 0 radical (unpaired) electrons. The third-order valence-electron chi connectivity index (χ3n) is 4.10. The molecule has 2 aromatic rings. The van der Waals surface area contributed by atoms with Crippen LogP contribution in [0.15, 0.2) is 34.7 Å². The first kappa shape index (κ1) is 16.8. The number of benzene rings is 1. The lowest BCUT2D eigenvalue weighted by atomic mass is 9.93. The van der Waals surface area contributed by atoms with Crippen LogP contribution in [0.3, 0.4) is 0 Å². The van der Waals surface area contributed by atoms with Crippen LogP contribution in [0, 0.1) is 19.3 Å². The van der Waals surface area contributed by atoms with Gasteiger partial charge >= 0.3 is 0 Å². The summed E-state index contributed by atoms with van der Waals surface area (Å²) in [4.78, 5) is 16.8. The van der Waals surface area contributed by atoms with Gasteiger partial charge in [0.1, 0.15) is 11.3 Å². The van der Waals surface area contributed by atoms with E-state index in [1.165, 1.54) is 0 Å². The Labute approximate surface area is 137 Å². The number of oxazole rings is 1. The quantitative estimate of drug-likeness (QED) is 0.831. The van der Waals surface area contributed by atoms with Crippen LogP contribution in [0.2, 0.25) is 0 Å². The van der Waals surface area contributed by atoms with Gasteiger partial charge < -0.3 is 9.73 Å². The molecule has 0 aliphatic heterocycles. The minimum Gasteiger partial charge on any atom is -0.441 e. The molecule has 0 saturated carbocycles. The van der Waals surface area contributed by atoms with Crippen molar-refractivity contribution < 1.29 is 9.21 Å². The van der Waals surface area contributed by atoms with E-state index in [1.54, 1.807) is 0 Å². The van der Waals surface area contributed by atoms with Crippen molar-refractivity contribution >= 4 is 5.91 Å². The van der Waals surface area contributed by atoms with Crippen molar-refractivity contribution in [2.45, 2.75) is 45.6 Å². The third kappa shape index (κ3) is 3.81. The first-order valence-electron chi connectivity index (χ1n) is 7.84. The Morgan fingerprint density at radius 2 is 1.96 bits per heavy atom. The number of aromatic nitrogens is 1. The van der Waals surface area contributed by atoms with Gasteiger partial charge in [0.15, 0.2) is 0 Å². The summed E-state index contributed by atoms with van der Waals surface area (Å²) in [5, 5.41) is 2.95. The zero-order chi connectivity index (χ0) is 16.9. The summed E-state index contributed by atoms with van der Waals surface area (Å²) in [5.74, 6) is 3.74. The van der Waals surface area contributed by atoms with Gasteiger partial charge in [0.05, 0.1) is 12.1 Å². The van der Waals surface area contributed by atoms with Gasteiger partial charge in [-0.15, -0.1) is 6.42 Å². The lowest BCUT2D eigenvalue weighted by molar-refractivity contribution is -0.121. The van der Waals surface area contributed by atoms with E-state index in [-0.39, 0.29) is 12.3 Å². The zero-order valence-corrected chi connectivity index (χ0v) is 13.8. The first-order chi connectivity index (χ1) is 11.0. The normalized spacial score (nSPS) is 11.0. The molecule has 0 aliphatic carbocycles. The Morgan fingerprint density at radius 3 is 2.52 bits per heavy atom. The Balaban J connectivity index is 2.14. The molecule has 0 unspecified atom stereocenters. The minimum absolute atomic E-state index is 0.136. The highest BCUT2D eigenvalue weighted by atomic mass is 16.4. The summed E-state index contributed by atoms with van der Waals surface area (Å²) in [6.07, 6.45) is 7.13. The molecular weight excluding hydrogens is 288 g/mol. The molecule has 0 spiro atoms. The number of carbonyl (C=O) groups is 1. The number of nitrogens with one attached hydrogen (secondary N) is 1. The van der Waals surface area contributed by atoms with Crippen LogP contribution in [0.5, 0.6) is 0 Å². The maximum Gasteiger partial charge on any atom is 0.227 e. The highest BCUT2D eigenvalue weighted by Gasteiger charge is 2.26. The largest absolute Gasteiger partial charge is 0.441 e. The standard InChI is InChI=1S/C19H22N2O2/c1-5-19(6-2,7-3)21-17(22)13-16-14(4)23-18(20-16)15-11-9-8-10-12-15/h1,8-12H,6-7,13H2,2-4H3,(H,21,22). The van der Waals surface area contributed by atoms with Gasteiger partial charge in [-0.2, -0.15) is 0 Å². The van der Waals surface area contributed by atoms with Gasteiger partial charge in [0.25, 0.3) is 0 Å². The van der Waals surface area contributed by atoms with Crippen LogP contribution >= 0.6 is 0 Å². The van der Waals surface area contributed by atoms with Gasteiger partial charge in [-0.3, -0.25) is 4.79 Å². The second-order valence-corrected chi connectivity index (χ2v) is 5.55. The molecule has 2 rings (SSSR count). The van der Waals surface area contributed by atoms with E-state index in [1.807, 2.05) is 51.1 Å². The Hall–Kier alpha value is -2.54. The van der Waals surface area contributed by atoms with Crippen molar-refractivity contribution in [3.05, 3.63) is 41.8 Å². The molecule has 120 valence electrons. The summed E-state index contributed by atoms with van der Waals surface area (Å²) in [6, 6.07) is 9.62. The SMILES string of the molecule is C#CC(CC)(CC)NC(=O)Cc1nc(-c2ccccc2)oc1C. The third-order valence-corrected chi connectivity index (χ3v) is 4.10. The van der Waals surface area contributed by atoms with Crippen LogP contribution in [0.25, 0.3) is 11.5 Å². The Bertz CT molecular complexity index is 707. The van der Waals surface area contributed by atoms with Gasteiger partial charge in [-0.25, -0.2) is 4.98 Å². The molecule has 0 saturated heterocycles. The first-order valence-corrected chi connectivity index (χ1v) is 7.84. The molecule has 0 bridgehead atoms. The average Bonchev–Trinajstić information content (AvgIpc) is 2.94. The van der Waals surface area contributed by atoms with E-state index in [0.29, 0.717) is 30.2 Å². The fourth-order valence-corrected chi connectivity index (χ4v) is 2.43. The second kappa shape index (κ2) is 7.15. The van der Waals surface area contributed by atoms with Gasteiger partial charge in [0, 0.05) is 5.56 Å². The molecule has 0 fully saturated rings. The summed E-state index contributed by atoms with van der Waals surface area (Å²) >= 11 is 0. The number of terminal acetylenes is 1. The van der Waals surface area contributed by atoms with E-state index in [2.05, 4.69) is 16.2 Å². The molecule has 1 aromatic carbocycles. The molecule has 1 aromatic heterocycles. The molecule has 0 atom stereocenters. The summed E-state index contributed by atoms with van der Waals surface area (Å²) in [6.45, 7) is 5.76. The molecule has 0 aliphatic rings. The summed E-state index contributed by atoms with van der Waals surface area (Å²) in [7, 11) is 0. The van der Waals surface area contributed by atoms with Crippen LogP contribution < -0.4 is 5.32 Å². The minimum atomic E-state index is -0.586. The van der Waals surface area contributed by atoms with Crippen molar-refractivity contribution in [3.8, 4) is 23.8 Å². The predicted octanol–water partition coefficient (Wildman–Crippen LogP) is 3.50. The van der Waals surface area contributed by atoms with Gasteiger partial charge in [-0.05, 0) is 31.9 Å². The van der Waals surface area contributed by atoms with E-state index in [0.717, 1.165) is 5.56 Å². The number of hydrogen-bond donors (Lipinski definition) is 1. The molecule has 1 heterocycles. The van der Waals surface area contributed by atoms with Crippen LogP contribution in [0.4, 0.5) is 0 Å². The van der Waals surface area contributed by atoms with E-state index >= 15 is 0 Å². The Kier molecular flexibility index (Phi) is 5.23. The lowest BCUT2D eigenvalue weighted by Crippen LogP contribution is -2.47. The Morgan fingerprint density at radius 1 is 1.30 bits per heavy atom. The fraction of sp³-hybridized carbons (Fsp3) is 0.368.